The molecule has 0 amide bonds. The zero-order valence-electron chi connectivity index (χ0n) is 9.33. The number of benzene rings is 1. The van der Waals surface area contributed by atoms with Crippen molar-refractivity contribution in [2.24, 2.45) is 0 Å². The van der Waals surface area contributed by atoms with E-state index in [2.05, 4.69) is 15.9 Å². The largest absolute Gasteiger partial charge is 0.493 e. The number of carboxylic acid groups (broad SMARTS) is 1. The summed E-state index contributed by atoms with van der Waals surface area (Å²) in [7, 11) is 3.06. The van der Waals surface area contributed by atoms with Crippen LogP contribution in [0.25, 0.3) is 0 Å². The number of rotatable bonds is 4. The summed E-state index contributed by atoms with van der Waals surface area (Å²) in [5.41, 5.74) is 1.55. The van der Waals surface area contributed by atoms with Crippen LogP contribution in [0.15, 0.2) is 10.5 Å². The summed E-state index contributed by atoms with van der Waals surface area (Å²) in [5.74, 6) is 0.224. The number of ether oxygens (including phenoxy) is 2. The molecule has 4 nitrogen and oxygen atoms in total. The number of halogens is 1. The molecule has 0 fully saturated rings. The monoisotopic (exact) mass is 288 g/mol. The van der Waals surface area contributed by atoms with E-state index in [9.17, 15) is 4.79 Å². The lowest BCUT2D eigenvalue weighted by Crippen LogP contribution is -2.05. The van der Waals surface area contributed by atoms with E-state index in [1.165, 1.54) is 7.11 Å². The molecule has 16 heavy (non-hydrogen) atoms. The van der Waals surface area contributed by atoms with Crippen LogP contribution in [0.2, 0.25) is 0 Å². The second kappa shape index (κ2) is 5.21. The van der Waals surface area contributed by atoms with Gasteiger partial charge in [-0.05, 0) is 40.0 Å². The van der Waals surface area contributed by atoms with E-state index in [4.69, 9.17) is 14.6 Å². The fourth-order valence-corrected chi connectivity index (χ4v) is 2.29. The third-order valence-corrected chi connectivity index (χ3v) is 3.10. The molecule has 0 saturated carbocycles. The number of hydrogen-bond donors (Lipinski definition) is 1. The van der Waals surface area contributed by atoms with Gasteiger partial charge in [0.25, 0.3) is 0 Å². The van der Waals surface area contributed by atoms with Gasteiger partial charge in [-0.25, -0.2) is 0 Å². The predicted molar refractivity (Wildman–Crippen MR) is 63.3 cm³/mol. The molecule has 1 N–H and O–H groups in total. The maximum Gasteiger partial charge on any atom is 0.307 e. The Morgan fingerprint density at radius 3 is 2.50 bits per heavy atom. The SMILES string of the molecule is COc1cc(C)c(CC(=O)O)c(Br)c1OC. The highest BCUT2D eigenvalue weighted by Crippen LogP contribution is 2.39. The summed E-state index contributed by atoms with van der Waals surface area (Å²) in [6.45, 7) is 1.84. The Kier molecular flexibility index (Phi) is 4.18. The average Bonchev–Trinajstić information content (AvgIpc) is 2.23. The van der Waals surface area contributed by atoms with Crippen molar-refractivity contribution in [3.8, 4) is 11.5 Å². The van der Waals surface area contributed by atoms with Gasteiger partial charge in [0.15, 0.2) is 11.5 Å². The van der Waals surface area contributed by atoms with Crippen molar-refractivity contribution >= 4 is 21.9 Å². The van der Waals surface area contributed by atoms with Gasteiger partial charge in [0.2, 0.25) is 0 Å². The first-order chi connectivity index (χ1) is 7.51. The standard InChI is InChI=1S/C11H13BrO4/c1-6-4-8(15-2)11(16-3)10(12)7(6)5-9(13)14/h4H,5H2,1-3H3,(H,13,14). The second-order valence-electron chi connectivity index (χ2n) is 3.29. The van der Waals surface area contributed by atoms with E-state index in [1.807, 2.05) is 6.92 Å². The van der Waals surface area contributed by atoms with Crippen molar-refractivity contribution in [3.05, 3.63) is 21.7 Å². The van der Waals surface area contributed by atoms with Gasteiger partial charge in [-0.3, -0.25) is 4.79 Å². The molecule has 0 aliphatic carbocycles. The topological polar surface area (TPSA) is 55.8 Å². The van der Waals surface area contributed by atoms with Crippen molar-refractivity contribution in [2.45, 2.75) is 13.3 Å². The molecule has 1 aromatic carbocycles. The van der Waals surface area contributed by atoms with Crippen LogP contribution in [-0.4, -0.2) is 25.3 Å². The Bertz CT molecular complexity index is 415. The quantitative estimate of drug-likeness (QED) is 0.924. The molecule has 0 saturated heterocycles. The molecule has 0 aliphatic rings. The van der Waals surface area contributed by atoms with Crippen LogP contribution in [0.5, 0.6) is 11.5 Å². The minimum atomic E-state index is -0.879. The molecule has 0 atom stereocenters. The van der Waals surface area contributed by atoms with E-state index in [0.717, 1.165) is 5.56 Å². The first-order valence-electron chi connectivity index (χ1n) is 4.63. The van der Waals surface area contributed by atoms with Crippen LogP contribution < -0.4 is 9.47 Å². The molecule has 1 rings (SSSR count). The summed E-state index contributed by atoms with van der Waals surface area (Å²) >= 11 is 3.34. The Hall–Kier alpha value is -1.23. The van der Waals surface area contributed by atoms with Gasteiger partial charge in [0.1, 0.15) is 0 Å². The van der Waals surface area contributed by atoms with E-state index in [0.29, 0.717) is 21.5 Å². The molecule has 0 heterocycles. The smallest absolute Gasteiger partial charge is 0.307 e. The highest BCUT2D eigenvalue weighted by Gasteiger charge is 2.17. The molecule has 0 unspecified atom stereocenters. The van der Waals surface area contributed by atoms with Crippen molar-refractivity contribution in [1.29, 1.82) is 0 Å². The zero-order valence-corrected chi connectivity index (χ0v) is 10.9. The number of carboxylic acids is 1. The molecule has 88 valence electrons. The molecular formula is C11H13BrO4. The summed E-state index contributed by atoms with van der Waals surface area (Å²) in [6.07, 6.45) is -0.0488. The van der Waals surface area contributed by atoms with E-state index < -0.39 is 5.97 Å². The van der Waals surface area contributed by atoms with Gasteiger partial charge in [0.05, 0.1) is 25.1 Å². The van der Waals surface area contributed by atoms with E-state index >= 15 is 0 Å². The van der Waals surface area contributed by atoms with Crippen LogP contribution in [0.4, 0.5) is 0 Å². The molecule has 0 aliphatic heterocycles. The fourth-order valence-electron chi connectivity index (χ4n) is 1.48. The van der Waals surface area contributed by atoms with Gasteiger partial charge >= 0.3 is 5.97 Å². The van der Waals surface area contributed by atoms with E-state index in [1.54, 1.807) is 13.2 Å². The lowest BCUT2D eigenvalue weighted by molar-refractivity contribution is -0.136. The maximum absolute atomic E-state index is 10.7. The third kappa shape index (κ3) is 2.47. The van der Waals surface area contributed by atoms with Crippen LogP contribution >= 0.6 is 15.9 Å². The summed E-state index contributed by atoms with van der Waals surface area (Å²) in [6, 6.07) is 1.77. The van der Waals surface area contributed by atoms with Gasteiger partial charge in [-0.15, -0.1) is 0 Å². The predicted octanol–water partition coefficient (Wildman–Crippen LogP) is 2.40. The number of carbonyl (C=O) groups is 1. The van der Waals surface area contributed by atoms with Gasteiger partial charge < -0.3 is 14.6 Å². The number of aliphatic carboxylic acids is 1. The molecule has 0 bridgehead atoms. The van der Waals surface area contributed by atoms with Gasteiger partial charge in [-0.2, -0.15) is 0 Å². The first kappa shape index (κ1) is 12.8. The van der Waals surface area contributed by atoms with Crippen LogP contribution in [-0.2, 0) is 11.2 Å². The molecule has 1 aromatic rings. The third-order valence-electron chi connectivity index (χ3n) is 2.26. The lowest BCUT2D eigenvalue weighted by atomic mass is 10.0. The molecule has 0 aromatic heterocycles. The van der Waals surface area contributed by atoms with Crippen molar-refractivity contribution in [1.82, 2.24) is 0 Å². The second-order valence-corrected chi connectivity index (χ2v) is 4.09. The normalized spacial score (nSPS) is 10.0. The summed E-state index contributed by atoms with van der Waals surface area (Å²) < 4.78 is 11.0. The Labute approximate surface area is 102 Å². The van der Waals surface area contributed by atoms with Crippen molar-refractivity contribution in [2.75, 3.05) is 14.2 Å². The summed E-state index contributed by atoms with van der Waals surface area (Å²) in [4.78, 5) is 10.7. The lowest BCUT2D eigenvalue weighted by Gasteiger charge is -2.14. The molecule has 0 radical (unpaired) electrons. The number of aryl methyl sites for hydroxylation is 1. The van der Waals surface area contributed by atoms with E-state index in [-0.39, 0.29) is 6.42 Å². The molecular weight excluding hydrogens is 276 g/mol. The van der Waals surface area contributed by atoms with Crippen molar-refractivity contribution < 1.29 is 19.4 Å². The average molecular weight is 289 g/mol. The Balaban J connectivity index is 3.34. The van der Waals surface area contributed by atoms with Gasteiger partial charge in [-0.1, -0.05) is 0 Å². The van der Waals surface area contributed by atoms with Gasteiger partial charge in [0, 0.05) is 0 Å². The first-order valence-corrected chi connectivity index (χ1v) is 5.42. The molecule has 5 heteroatoms. The Morgan fingerprint density at radius 1 is 1.44 bits per heavy atom. The fraction of sp³-hybridized carbons (Fsp3) is 0.364. The number of methoxy groups -OCH3 is 2. The highest BCUT2D eigenvalue weighted by molar-refractivity contribution is 9.10. The maximum atomic E-state index is 10.7. The zero-order chi connectivity index (χ0) is 12.3. The number of hydrogen-bond acceptors (Lipinski definition) is 3. The summed E-state index contributed by atoms with van der Waals surface area (Å²) in [5, 5.41) is 8.81. The molecule has 0 spiro atoms. The van der Waals surface area contributed by atoms with Crippen LogP contribution in [0, 0.1) is 6.92 Å². The van der Waals surface area contributed by atoms with Crippen molar-refractivity contribution in [3.63, 3.8) is 0 Å². The highest BCUT2D eigenvalue weighted by atomic mass is 79.9. The minimum Gasteiger partial charge on any atom is -0.493 e. The van der Waals surface area contributed by atoms with Crippen LogP contribution in [0.3, 0.4) is 0 Å². The minimum absolute atomic E-state index is 0.0488. The Morgan fingerprint density at radius 2 is 2.06 bits per heavy atom. The van der Waals surface area contributed by atoms with Crippen LogP contribution in [0.1, 0.15) is 11.1 Å².